The zero-order valence-electron chi connectivity index (χ0n) is 39.5. The Morgan fingerprint density at radius 3 is 0.836 bits per heavy atom. The van der Waals surface area contributed by atoms with Gasteiger partial charge >= 0.3 is 0 Å². The summed E-state index contributed by atoms with van der Waals surface area (Å²) >= 11 is 0. The first-order valence-electron chi connectivity index (χ1n) is 24.7. The Kier molecular flexibility index (Phi) is 8.68. The molecule has 0 atom stereocenters. The number of anilines is 6. The number of fused-ring (bicyclic) bond motifs is 15. The van der Waals surface area contributed by atoms with Gasteiger partial charge in [0.2, 0.25) is 0 Å². The molecule has 0 fully saturated rings. The van der Waals surface area contributed by atoms with Crippen LogP contribution >= 0.6 is 0 Å². The molecule has 15 rings (SSSR count). The van der Waals surface area contributed by atoms with E-state index in [9.17, 15) is 0 Å². The smallest absolute Gasteiger partial charge is 0.0562 e. The molecular weight excluding hydrogens is 891 g/mol. The van der Waals surface area contributed by atoms with E-state index in [1.54, 1.807) is 0 Å². The van der Waals surface area contributed by atoms with Crippen molar-refractivity contribution >= 4 is 132 Å². The average molecular weight is 936 g/mol. The second-order valence-corrected chi connectivity index (χ2v) is 19.3. The summed E-state index contributed by atoms with van der Waals surface area (Å²) in [5.74, 6) is 0. The number of aromatic nitrogens is 3. The minimum atomic E-state index is 0.749. The van der Waals surface area contributed by atoms with Crippen LogP contribution in [-0.2, 0) is 0 Å². The van der Waals surface area contributed by atoms with E-state index in [1.807, 2.05) is 18.2 Å². The second kappa shape index (κ2) is 15.5. The lowest BCUT2D eigenvalue weighted by molar-refractivity contribution is 1.17. The van der Waals surface area contributed by atoms with Gasteiger partial charge in [-0.25, -0.2) is 0 Å². The van der Waals surface area contributed by atoms with E-state index in [0.717, 1.165) is 117 Å². The van der Waals surface area contributed by atoms with E-state index in [1.165, 1.54) is 32.3 Å². The highest BCUT2D eigenvalue weighted by atomic mass is 15.2. The lowest BCUT2D eigenvalue weighted by Gasteiger charge is -2.26. The molecule has 3 aromatic heterocycles. The molecule has 0 radical (unpaired) electrons. The molecule has 0 bridgehead atoms. The summed E-state index contributed by atoms with van der Waals surface area (Å²) in [6.07, 6.45) is 0. The standard InChI is InChI=1S/C66H45N7/c67-43-19-25-52-40(34-43)16-31-58-64(52)55-28-22-49(37-61(55)71(58)46-10-4-1-5-11-46)70(50-23-29-56-62(38-50)72(47-12-6-2-7-13-47)59-32-17-41-35-44(68)20-26-53(41)65(56)59)51-24-30-57-63(39-51)73(48-14-8-3-9-15-48)60-33-18-42-36-45(69)21-27-54(42)66(57)60/h1-39H,67-69H2. The highest BCUT2D eigenvalue weighted by Crippen LogP contribution is 2.47. The van der Waals surface area contributed by atoms with Crippen LogP contribution in [0.5, 0.6) is 0 Å². The Hall–Kier alpha value is -9.98. The van der Waals surface area contributed by atoms with Gasteiger partial charge in [0.25, 0.3) is 0 Å². The van der Waals surface area contributed by atoms with Gasteiger partial charge in [0.1, 0.15) is 0 Å². The first-order chi connectivity index (χ1) is 35.9. The number of nitrogen functional groups attached to an aromatic ring is 3. The molecule has 7 nitrogen and oxygen atoms in total. The Labute approximate surface area is 419 Å². The number of rotatable bonds is 6. The first kappa shape index (κ1) is 40.9. The van der Waals surface area contributed by atoms with E-state index in [2.05, 4.69) is 237 Å². The van der Waals surface area contributed by atoms with Crippen molar-refractivity contribution in [2.75, 3.05) is 22.1 Å². The molecule has 0 amide bonds. The SMILES string of the molecule is Nc1ccc2c(ccc3c2c2ccc(N(c4ccc5c6c7ccc(N)cc7ccc6n(-c6ccccc6)c5c4)c4ccc5c6c7ccc(N)cc7ccc6n(-c6ccccc6)c5c4)cc2n3-c2ccccc2)c1. The zero-order chi connectivity index (χ0) is 48.5. The molecule has 0 saturated heterocycles. The fourth-order valence-corrected chi connectivity index (χ4v) is 12.0. The van der Waals surface area contributed by atoms with Crippen LogP contribution < -0.4 is 22.1 Å². The van der Waals surface area contributed by atoms with Gasteiger partial charge in [-0.3, -0.25) is 0 Å². The minimum Gasteiger partial charge on any atom is -0.399 e. The number of hydrogen-bond acceptors (Lipinski definition) is 4. The zero-order valence-corrected chi connectivity index (χ0v) is 39.5. The predicted octanol–water partition coefficient (Wildman–Crippen LogP) is 16.7. The van der Waals surface area contributed by atoms with Crippen molar-refractivity contribution in [1.29, 1.82) is 0 Å². The molecule has 7 heteroatoms. The second-order valence-electron chi connectivity index (χ2n) is 19.3. The number of nitrogens with two attached hydrogens (primary N) is 3. The number of hydrogen-bond donors (Lipinski definition) is 3. The molecule has 0 aliphatic heterocycles. The van der Waals surface area contributed by atoms with Crippen LogP contribution in [0.3, 0.4) is 0 Å². The summed E-state index contributed by atoms with van der Waals surface area (Å²) in [5, 5.41) is 13.9. The van der Waals surface area contributed by atoms with Crippen molar-refractivity contribution in [2.24, 2.45) is 0 Å². The monoisotopic (exact) mass is 935 g/mol. The van der Waals surface area contributed by atoms with E-state index in [4.69, 9.17) is 17.2 Å². The van der Waals surface area contributed by atoms with Crippen molar-refractivity contribution in [3.63, 3.8) is 0 Å². The van der Waals surface area contributed by atoms with Crippen molar-refractivity contribution in [3.05, 3.63) is 237 Å². The lowest BCUT2D eigenvalue weighted by Crippen LogP contribution is -2.10. The fourth-order valence-electron chi connectivity index (χ4n) is 12.0. The van der Waals surface area contributed by atoms with Crippen molar-refractivity contribution in [1.82, 2.24) is 13.7 Å². The summed E-state index contributed by atoms with van der Waals surface area (Å²) in [7, 11) is 0. The minimum absolute atomic E-state index is 0.749. The van der Waals surface area contributed by atoms with E-state index in [0.29, 0.717) is 0 Å². The van der Waals surface area contributed by atoms with Crippen molar-refractivity contribution in [2.45, 2.75) is 0 Å². The third kappa shape index (κ3) is 6.12. The Balaban J connectivity index is 1.05. The molecule has 6 N–H and O–H groups in total. The van der Waals surface area contributed by atoms with E-state index < -0.39 is 0 Å². The number of nitrogens with zero attached hydrogens (tertiary/aromatic N) is 4. The van der Waals surface area contributed by atoms with Gasteiger partial charge in [-0.1, -0.05) is 109 Å². The third-order valence-corrected chi connectivity index (χ3v) is 15.1. The molecule has 12 aromatic carbocycles. The van der Waals surface area contributed by atoms with Gasteiger partial charge in [-0.2, -0.15) is 0 Å². The highest BCUT2D eigenvalue weighted by Gasteiger charge is 2.24. The van der Waals surface area contributed by atoms with Gasteiger partial charge in [0, 0.05) is 83.5 Å². The Bertz CT molecular complexity index is 4280. The maximum absolute atomic E-state index is 6.38. The van der Waals surface area contributed by atoms with Crippen LogP contribution in [0.25, 0.3) is 115 Å². The Morgan fingerprint density at radius 1 is 0.247 bits per heavy atom. The third-order valence-electron chi connectivity index (χ3n) is 15.1. The van der Waals surface area contributed by atoms with Crippen LogP contribution in [0.15, 0.2) is 237 Å². The van der Waals surface area contributed by atoms with Crippen LogP contribution in [0.2, 0.25) is 0 Å². The summed E-state index contributed by atoms with van der Waals surface area (Å²) in [6.45, 7) is 0. The molecule has 73 heavy (non-hydrogen) atoms. The van der Waals surface area contributed by atoms with Gasteiger partial charge < -0.3 is 35.8 Å². The Morgan fingerprint density at radius 2 is 0.534 bits per heavy atom. The van der Waals surface area contributed by atoms with Crippen LogP contribution in [-0.4, -0.2) is 13.7 Å². The van der Waals surface area contributed by atoms with E-state index in [-0.39, 0.29) is 0 Å². The molecule has 0 saturated carbocycles. The van der Waals surface area contributed by atoms with Gasteiger partial charge in [-0.15, -0.1) is 0 Å². The quantitative estimate of drug-likeness (QED) is 0.145. The lowest BCUT2D eigenvalue weighted by atomic mass is 10.0. The topological polar surface area (TPSA) is 96.1 Å². The van der Waals surface area contributed by atoms with Crippen molar-refractivity contribution in [3.8, 4) is 17.1 Å². The van der Waals surface area contributed by atoms with Gasteiger partial charge in [0.15, 0.2) is 0 Å². The average Bonchev–Trinajstić information content (AvgIpc) is 4.10. The predicted molar refractivity (Wildman–Crippen MR) is 310 cm³/mol. The van der Waals surface area contributed by atoms with Gasteiger partial charge in [0.05, 0.1) is 33.1 Å². The van der Waals surface area contributed by atoms with E-state index >= 15 is 0 Å². The summed E-state index contributed by atoms with van der Waals surface area (Å²) in [6, 6.07) is 85.0. The maximum Gasteiger partial charge on any atom is 0.0562 e. The molecule has 0 spiro atoms. The largest absolute Gasteiger partial charge is 0.399 e. The molecule has 0 unspecified atom stereocenters. The summed E-state index contributed by atoms with van der Waals surface area (Å²) in [4.78, 5) is 2.43. The van der Waals surface area contributed by atoms with Crippen molar-refractivity contribution < 1.29 is 0 Å². The molecule has 0 aliphatic carbocycles. The fraction of sp³-hybridized carbons (Fsp3) is 0. The highest BCUT2D eigenvalue weighted by molar-refractivity contribution is 6.25. The van der Waals surface area contributed by atoms with Crippen LogP contribution in [0.1, 0.15) is 0 Å². The molecular formula is C66H45N7. The number of benzene rings is 12. The van der Waals surface area contributed by atoms with Gasteiger partial charge in [-0.05, 0) is 160 Å². The van der Waals surface area contributed by atoms with Crippen LogP contribution in [0.4, 0.5) is 34.1 Å². The molecule has 3 heterocycles. The maximum atomic E-state index is 6.38. The normalized spacial score (nSPS) is 12.0. The number of para-hydroxylation sites is 3. The summed E-state index contributed by atoms with van der Waals surface area (Å²) in [5.41, 5.74) is 34.4. The van der Waals surface area contributed by atoms with Crippen LogP contribution in [0, 0.1) is 0 Å². The molecule has 15 aromatic rings. The first-order valence-corrected chi connectivity index (χ1v) is 24.7. The molecule has 0 aliphatic rings. The molecule has 344 valence electrons. The summed E-state index contributed by atoms with van der Waals surface area (Å²) < 4.78 is 7.22.